The normalized spacial score (nSPS) is 17.5. The van der Waals surface area contributed by atoms with Gasteiger partial charge in [-0.2, -0.15) is 0 Å². The number of carbonyl (C=O) groups excluding carboxylic acids is 2. The van der Waals surface area contributed by atoms with Gasteiger partial charge in [-0.05, 0) is 42.5 Å². The van der Waals surface area contributed by atoms with Crippen molar-refractivity contribution < 1.29 is 9.59 Å². The van der Waals surface area contributed by atoms with Crippen molar-refractivity contribution in [2.24, 2.45) is 5.73 Å². The quantitative estimate of drug-likeness (QED) is 0.149. The molecule has 0 unspecified atom stereocenters. The van der Waals surface area contributed by atoms with Crippen molar-refractivity contribution >= 4 is 17.8 Å². The third-order valence-corrected chi connectivity index (χ3v) is 7.13. The number of guanidine groups is 1. The highest BCUT2D eigenvalue weighted by atomic mass is 16.2. The summed E-state index contributed by atoms with van der Waals surface area (Å²) in [6.07, 6.45) is 2.00. The van der Waals surface area contributed by atoms with Gasteiger partial charge in [0.1, 0.15) is 0 Å². The van der Waals surface area contributed by atoms with Crippen molar-refractivity contribution in [3.05, 3.63) is 108 Å². The number of nitrogens with zero attached hydrogens (tertiary/aromatic N) is 1. The molecule has 0 aromatic heterocycles. The number of amides is 2. The van der Waals surface area contributed by atoms with E-state index < -0.39 is 6.04 Å². The van der Waals surface area contributed by atoms with Crippen molar-refractivity contribution in [1.82, 2.24) is 20.9 Å². The fourth-order valence-electron chi connectivity index (χ4n) is 5.06. The van der Waals surface area contributed by atoms with Gasteiger partial charge in [0.25, 0.3) is 5.91 Å². The van der Waals surface area contributed by atoms with Gasteiger partial charge in [-0.1, -0.05) is 78.9 Å². The van der Waals surface area contributed by atoms with Gasteiger partial charge in [-0.15, -0.1) is 0 Å². The lowest BCUT2D eigenvalue weighted by atomic mass is 9.90. The standard InChI is InChI=1S/C31H38N6O2/c32-31(33)34-19-10-17-28-30(39)37(20-18-26(36-28)21-35-29(38)25-15-8-3-9-16-25)22-27(23-11-4-1-5-12-23)24-13-6-2-7-14-24/h1-9,11-16,26-28,36H,10,17-22H2,(H,35,38)(H4,32,33,34)/t26-,28-/m0/s1. The molecule has 3 aromatic rings. The monoisotopic (exact) mass is 526 g/mol. The molecule has 2 amide bonds. The fourth-order valence-corrected chi connectivity index (χ4v) is 5.06. The summed E-state index contributed by atoms with van der Waals surface area (Å²) in [6, 6.07) is 29.3. The van der Waals surface area contributed by atoms with Crippen molar-refractivity contribution in [2.75, 3.05) is 26.2 Å². The number of nitrogens with two attached hydrogens (primary N) is 1. The second-order valence-electron chi connectivity index (χ2n) is 9.92. The molecule has 8 nitrogen and oxygen atoms in total. The van der Waals surface area contributed by atoms with E-state index in [0.29, 0.717) is 44.6 Å². The molecule has 1 fully saturated rings. The Morgan fingerprint density at radius 1 is 0.949 bits per heavy atom. The summed E-state index contributed by atoms with van der Waals surface area (Å²) < 4.78 is 0. The third-order valence-electron chi connectivity index (χ3n) is 7.13. The van der Waals surface area contributed by atoms with Crippen LogP contribution in [0.5, 0.6) is 0 Å². The first-order valence-corrected chi connectivity index (χ1v) is 13.6. The van der Waals surface area contributed by atoms with Gasteiger partial charge in [0.2, 0.25) is 5.91 Å². The Labute approximate surface area is 230 Å². The summed E-state index contributed by atoms with van der Waals surface area (Å²) in [7, 11) is 0. The van der Waals surface area contributed by atoms with Crippen LogP contribution in [0.2, 0.25) is 0 Å². The molecule has 0 spiro atoms. The summed E-state index contributed by atoms with van der Waals surface area (Å²) >= 11 is 0. The van der Waals surface area contributed by atoms with Crippen LogP contribution in [0.15, 0.2) is 91.0 Å². The first kappa shape index (κ1) is 27.9. The first-order valence-electron chi connectivity index (χ1n) is 13.6. The van der Waals surface area contributed by atoms with Crippen molar-refractivity contribution in [1.29, 1.82) is 5.41 Å². The summed E-state index contributed by atoms with van der Waals surface area (Å²) in [4.78, 5) is 28.5. The zero-order chi connectivity index (χ0) is 27.5. The molecule has 0 aliphatic carbocycles. The predicted octanol–water partition coefficient (Wildman–Crippen LogP) is 3.07. The van der Waals surface area contributed by atoms with E-state index in [-0.39, 0.29) is 29.7 Å². The van der Waals surface area contributed by atoms with E-state index in [1.807, 2.05) is 59.5 Å². The molecule has 1 saturated heterocycles. The minimum atomic E-state index is -0.396. The Morgan fingerprint density at radius 3 is 2.13 bits per heavy atom. The smallest absolute Gasteiger partial charge is 0.251 e. The number of hydrogen-bond acceptors (Lipinski definition) is 4. The number of benzene rings is 3. The first-order chi connectivity index (χ1) is 19.0. The Hall–Kier alpha value is -4.17. The minimum absolute atomic E-state index is 0.0470. The zero-order valence-corrected chi connectivity index (χ0v) is 22.2. The lowest BCUT2D eigenvalue weighted by Gasteiger charge is -2.29. The largest absolute Gasteiger partial charge is 0.370 e. The number of carbonyl (C=O) groups is 2. The average Bonchev–Trinajstić information content (AvgIpc) is 3.12. The van der Waals surface area contributed by atoms with Crippen LogP contribution in [0.3, 0.4) is 0 Å². The number of nitrogens with one attached hydrogen (secondary N) is 4. The average molecular weight is 527 g/mol. The highest BCUT2D eigenvalue weighted by Gasteiger charge is 2.32. The number of hydrogen-bond donors (Lipinski definition) is 5. The van der Waals surface area contributed by atoms with Crippen LogP contribution in [0.4, 0.5) is 0 Å². The summed E-state index contributed by atoms with van der Waals surface area (Å²) in [5.41, 5.74) is 8.38. The molecule has 4 rings (SSSR count). The highest BCUT2D eigenvalue weighted by Crippen LogP contribution is 2.27. The molecule has 39 heavy (non-hydrogen) atoms. The van der Waals surface area contributed by atoms with Gasteiger partial charge < -0.3 is 26.6 Å². The van der Waals surface area contributed by atoms with Gasteiger partial charge in [-0.3, -0.25) is 15.0 Å². The van der Waals surface area contributed by atoms with Crippen LogP contribution >= 0.6 is 0 Å². The second-order valence-corrected chi connectivity index (χ2v) is 9.92. The molecule has 204 valence electrons. The molecule has 0 saturated carbocycles. The van der Waals surface area contributed by atoms with E-state index in [9.17, 15) is 9.59 Å². The molecule has 0 bridgehead atoms. The van der Waals surface area contributed by atoms with Crippen molar-refractivity contribution in [2.45, 2.75) is 37.3 Å². The number of rotatable bonds is 11. The van der Waals surface area contributed by atoms with Gasteiger partial charge >= 0.3 is 0 Å². The van der Waals surface area contributed by atoms with E-state index in [0.717, 1.165) is 6.42 Å². The predicted molar refractivity (Wildman–Crippen MR) is 155 cm³/mol. The zero-order valence-electron chi connectivity index (χ0n) is 22.2. The molecule has 0 radical (unpaired) electrons. The van der Waals surface area contributed by atoms with Crippen LogP contribution in [-0.4, -0.2) is 60.9 Å². The van der Waals surface area contributed by atoms with E-state index in [1.54, 1.807) is 12.1 Å². The molecule has 1 heterocycles. The Kier molecular flexibility index (Phi) is 10.1. The Morgan fingerprint density at radius 2 is 1.54 bits per heavy atom. The molecule has 1 aliphatic heterocycles. The second kappa shape index (κ2) is 14.1. The molecular weight excluding hydrogens is 488 g/mol. The summed E-state index contributed by atoms with van der Waals surface area (Å²) in [6.45, 7) is 2.11. The van der Waals surface area contributed by atoms with Gasteiger partial charge in [0.05, 0.1) is 6.04 Å². The molecule has 6 N–H and O–H groups in total. The SMILES string of the molecule is N=C(N)NCCC[C@@H]1N[C@H](CNC(=O)c2ccccc2)CCN(CC(c2ccccc2)c2ccccc2)C1=O. The molecule has 3 aromatic carbocycles. The van der Waals surface area contributed by atoms with Crippen LogP contribution in [-0.2, 0) is 4.79 Å². The maximum atomic E-state index is 13.9. The van der Waals surface area contributed by atoms with Gasteiger partial charge in [0.15, 0.2) is 5.96 Å². The lowest BCUT2D eigenvalue weighted by Crippen LogP contribution is -2.49. The fraction of sp³-hybridized carbons (Fsp3) is 0.323. The van der Waals surface area contributed by atoms with Crippen LogP contribution in [0.1, 0.15) is 46.7 Å². The van der Waals surface area contributed by atoms with E-state index in [1.165, 1.54) is 11.1 Å². The molecule has 2 atom stereocenters. The van der Waals surface area contributed by atoms with E-state index in [4.69, 9.17) is 11.1 Å². The topological polar surface area (TPSA) is 123 Å². The third kappa shape index (κ3) is 8.15. The van der Waals surface area contributed by atoms with E-state index in [2.05, 4.69) is 40.2 Å². The van der Waals surface area contributed by atoms with E-state index >= 15 is 0 Å². The van der Waals surface area contributed by atoms with Crippen LogP contribution in [0.25, 0.3) is 0 Å². The minimum Gasteiger partial charge on any atom is -0.370 e. The summed E-state index contributed by atoms with van der Waals surface area (Å²) in [5, 5.41) is 16.8. The molecular formula is C31H38N6O2. The maximum absolute atomic E-state index is 13.9. The highest BCUT2D eigenvalue weighted by molar-refractivity contribution is 5.94. The maximum Gasteiger partial charge on any atom is 0.251 e. The Bertz CT molecular complexity index is 1170. The van der Waals surface area contributed by atoms with Gasteiger partial charge in [-0.25, -0.2) is 0 Å². The van der Waals surface area contributed by atoms with Crippen molar-refractivity contribution in [3.63, 3.8) is 0 Å². The lowest BCUT2D eigenvalue weighted by molar-refractivity contribution is -0.133. The van der Waals surface area contributed by atoms with Gasteiger partial charge in [0, 0.05) is 43.7 Å². The summed E-state index contributed by atoms with van der Waals surface area (Å²) in [5.74, 6) is -0.0932. The van der Waals surface area contributed by atoms with Crippen LogP contribution < -0.4 is 21.7 Å². The van der Waals surface area contributed by atoms with Crippen LogP contribution in [0, 0.1) is 5.41 Å². The Balaban J connectivity index is 1.49. The molecule has 8 heteroatoms. The van der Waals surface area contributed by atoms with Crippen molar-refractivity contribution in [3.8, 4) is 0 Å². The molecule has 1 aliphatic rings.